The van der Waals surface area contributed by atoms with Crippen molar-refractivity contribution in [3.05, 3.63) is 76.6 Å². The van der Waals surface area contributed by atoms with E-state index in [0.29, 0.717) is 24.0 Å². The van der Waals surface area contributed by atoms with Crippen molar-refractivity contribution in [1.82, 2.24) is 20.0 Å². The van der Waals surface area contributed by atoms with E-state index in [1.807, 2.05) is 48.2 Å². The molecule has 0 aliphatic carbocycles. The number of rotatable bonds is 6. The summed E-state index contributed by atoms with van der Waals surface area (Å²) in [4.78, 5) is 39.6. The molecular weight excluding hydrogens is 404 g/mol. The summed E-state index contributed by atoms with van der Waals surface area (Å²) in [6, 6.07) is 17.1. The second-order valence-corrected chi connectivity index (χ2v) is 8.22. The van der Waals surface area contributed by atoms with Gasteiger partial charge in [0, 0.05) is 24.5 Å². The number of hydrogen-bond donors (Lipinski definition) is 1. The first-order valence-electron chi connectivity index (χ1n) is 11.1. The summed E-state index contributed by atoms with van der Waals surface area (Å²) in [5.74, 6) is -0.110. The average Bonchev–Trinajstić information content (AvgIpc) is 2.83. The summed E-state index contributed by atoms with van der Waals surface area (Å²) < 4.78 is 1.55. The predicted molar refractivity (Wildman–Crippen MR) is 123 cm³/mol. The number of aromatic nitrogens is 2. The lowest BCUT2D eigenvalue weighted by Crippen LogP contribution is -2.48. The van der Waals surface area contributed by atoms with Gasteiger partial charge in [-0.2, -0.15) is 5.10 Å². The van der Waals surface area contributed by atoms with Gasteiger partial charge in [-0.15, -0.1) is 0 Å². The molecule has 7 nitrogen and oxygen atoms in total. The molecule has 1 N–H and O–H groups in total. The van der Waals surface area contributed by atoms with Crippen LogP contribution in [0.4, 0.5) is 0 Å². The van der Waals surface area contributed by atoms with Crippen molar-refractivity contribution in [2.45, 2.75) is 44.7 Å². The maximum absolute atomic E-state index is 13.1. The molecule has 7 heteroatoms. The number of carbonyl (C=O) groups is 2. The summed E-state index contributed by atoms with van der Waals surface area (Å²) in [6.07, 6.45) is 3.46. The maximum atomic E-state index is 13.1. The lowest BCUT2D eigenvalue weighted by molar-refractivity contribution is -0.134. The van der Waals surface area contributed by atoms with Crippen LogP contribution in [0.15, 0.2) is 65.6 Å². The highest BCUT2D eigenvalue weighted by molar-refractivity contribution is 5.84. The van der Waals surface area contributed by atoms with Crippen molar-refractivity contribution >= 4 is 22.7 Å². The maximum Gasteiger partial charge on any atom is 0.241 e. The van der Waals surface area contributed by atoms with E-state index >= 15 is 0 Å². The number of carbonyl (C=O) groups excluding carboxylic acids is 2. The van der Waals surface area contributed by atoms with Crippen LogP contribution in [0.2, 0.25) is 0 Å². The number of amides is 2. The quantitative estimate of drug-likeness (QED) is 0.649. The SMILES string of the molecule is CCC(C(=O)N1CCC(NC(=O)Cn2ncc(=O)c3ccccc32)CC1)c1ccccc1. The van der Waals surface area contributed by atoms with Crippen molar-refractivity contribution in [2.75, 3.05) is 13.1 Å². The zero-order valence-corrected chi connectivity index (χ0v) is 18.2. The molecule has 0 saturated carbocycles. The lowest BCUT2D eigenvalue weighted by Gasteiger charge is -2.34. The van der Waals surface area contributed by atoms with Crippen molar-refractivity contribution < 1.29 is 9.59 Å². The minimum atomic E-state index is -0.157. The van der Waals surface area contributed by atoms with Gasteiger partial charge >= 0.3 is 0 Å². The Morgan fingerprint density at radius 2 is 1.75 bits per heavy atom. The number of hydrogen-bond acceptors (Lipinski definition) is 4. The molecule has 32 heavy (non-hydrogen) atoms. The zero-order chi connectivity index (χ0) is 22.5. The van der Waals surface area contributed by atoms with Gasteiger partial charge in [0.1, 0.15) is 6.54 Å². The molecule has 1 atom stereocenters. The van der Waals surface area contributed by atoms with Gasteiger partial charge in [0.25, 0.3) is 0 Å². The zero-order valence-electron chi connectivity index (χ0n) is 18.2. The molecule has 1 unspecified atom stereocenters. The molecule has 3 aromatic rings. The van der Waals surface area contributed by atoms with Gasteiger partial charge in [0.2, 0.25) is 17.2 Å². The number of piperidine rings is 1. The Balaban J connectivity index is 1.33. The summed E-state index contributed by atoms with van der Waals surface area (Å²) in [7, 11) is 0. The fourth-order valence-electron chi connectivity index (χ4n) is 4.40. The molecule has 2 aromatic carbocycles. The van der Waals surface area contributed by atoms with Crippen LogP contribution in [0.5, 0.6) is 0 Å². The van der Waals surface area contributed by atoms with Crippen molar-refractivity contribution in [3.63, 3.8) is 0 Å². The Labute approximate surface area is 187 Å². The summed E-state index contributed by atoms with van der Waals surface area (Å²) >= 11 is 0. The first-order chi connectivity index (χ1) is 15.6. The molecule has 166 valence electrons. The first-order valence-corrected chi connectivity index (χ1v) is 11.1. The Kier molecular flexibility index (Phi) is 6.63. The van der Waals surface area contributed by atoms with Gasteiger partial charge in [-0.1, -0.05) is 49.4 Å². The Morgan fingerprint density at radius 3 is 2.47 bits per heavy atom. The second-order valence-electron chi connectivity index (χ2n) is 8.22. The van der Waals surface area contributed by atoms with Crippen LogP contribution in [0, 0.1) is 0 Å². The van der Waals surface area contributed by atoms with E-state index in [2.05, 4.69) is 10.4 Å². The van der Waals surface area contributed by atoms with Gasteiger partial charge < -0.3 is 10.2 Å². The van der Waals surface area contributed by atoms with Crippen molar-refractivity contribution in [3.8, 4) is 0 Å². The van der Waals surface area contributed by atoms with Crippen LogP contribution in [0.1, 0.15) is 37.7 Å². The Hall–Kier alpha value is -3.48. The van der Waals surface area contributed by atoms with Gasteiger partial charge in [0.15, 0.2) is 0 Å². The van der Waals surface area contributed by atoms with E-state index < -0.39 is 0 Å². The van der Waals surface area contributed by atoms with E-state index in [1.165, 1.54) is 6.20 Å². The van der Waals surface area contributed by atoms with E-state index in [1.54, 1.807) is 22.9 Å². The van der Waals surface area contributed by atoms with Crippen LogP contribution in [0.25, 0.3) is 10.9 Å². The predicted octanol–water partition coefficient (Wildman–Crippen LogP) is 2.70. The second kappa shape index (κ2) is 9.77. The van der Waals surface area contributed by atoms with E-state index in [9.17, 15) is 14.4 Å². The largest absolute Gasteiger partial charge is 0.352 e. The van der Waals surface area contributed by atoms with Gasteiger partial charge in [-0.3, -0.25) is 19.1 Å². The normalized spacial score (nSPS) is 15.5. The number of para-hydroxylation sites is 1. The molecular formula is C25H28N4O3. The van der Waals surface area contributed by atoms with Crippen LogP contribution in [-0.4, -0.2) is 45.6 Å². The van der Waals surface area contributed by atoms with Crippen LogP contribution in [0.3, 0.4) is 0 Å². The van der Waals surface area contributed by atoms with E-state index in [0.717, 1.165) is 24.8 Å². The van der Waals surface area contributed by atoms with Gasteiger partial charge in [-0.05, 0) is 37.0 Å². The third-order valence-corrected chi connectivity index (χ3v) is 6.14. The number of fused-ring (bicyclic) bond motifs is 1. The van der Waals surface area contributed by atoms with Crippen LogP contribution < -0.4 is 10.7 Å². The fourth-order valence-corrected chi connectivity index (χ4v) is 4.40. The number of nitrogens with one attached hydrogen (secondary N) is 1. The Morgan fingerprint density at radius 1 is 1.06 bits per heavy atom. The monoisotopic (exact) mass is 432 g/mol. The van der Waals surface area contributed by atoms with E-state index in [-0.39, 0.29) is 35.7 Å². The molecule has 0 spiro atoms. The first kappa shape index (κ1) is 21.7. The van der Waals surface area contributed by atoms with Crippen LogP contribution in [-0.2, 0) is 16.1 Å². The van der Waals surface area contributed by atoms with Crippen LogP contribution >= 0.6 is 0 Å². The lowest BCUT2D eigenvalue weighted by atomic mass is 9.93. The number of benzene rings is 2. The van der Waals surface area contributed by atoms with Gasteiger partial charge in [-0.25, -0.2) is 0 Å². The topological polar surface area (TPSA) is 84.3 Å². The fraction of sp³-hybridized carbons (Fsp3) is 0.360. The molecule has 4 rings (SSSR count). The Bertz CT molecular complexity index is 1150. The third-order valence-electron chi connectivity index (χ3n) is 6.14. The summed E-state index contributed by atoms with van der Waals surface area (Å²) in [6.45, 7) is 3.35. The molecule has 1 aromatic heterocycles. The highest BCUT2D eigenvalue weighted by Crippen LogP contribution is 2.24. The highest BCUT2D eigenvalue weighted by atomic mass is 16.2. The molecule has 1 aliphatic rings. The molecule has 1 fully saturated rings. The number of nitrogens with zero attached hydrogens (tertiary/aromatic N) is 3. The average molecular weight is 433 g/mol. The minimum absolute atomic E-state index is 0.0222. The molecule has 1 saturated heterocycles. The third kappa shape index (κ3) is 4.72. The molecule has 2 heterocycles. The smallest absolute Gasteiger partial charge is 0.241 e. The van der Waals surface area contributed by atoms with Crippen molar-refractivity contribution in [1.29, 1.82) is 0 Å². The summed E-state index contributed by atoms with van der Waals surface area (Å²) in [5.41, 5.74) is 1.54. The summed E-state index contributed by atoms with van der Waals surface area (Å²) in [5, 5.41) is 7.74. The minimum Gasteiger partial charge on any atom is -0.352 e. The van der Waals surface area contributed by atoms with E-state index in [4.69, 9.17) is 0 Å². The van der Waals surface area contributed by atoms with Crippen molar-refractivity contribution in [2.24, 2.45) is 0 Å². The molecule has 0 radical (unpaired) electrons. The molecule has 1 aliphatic heterocycles. The number of likely N-dealkylation sites (tertiary alicyclic amines) is 1. The molecule has 0 bridgehead atoms. The van der Waals surface area contributed by atoms with Gasteiger partial charge in [0.05, 0.1) is 17.6 Å². The highest BCUT2D eigenvalue weighted by Gasteiger charge is 2.28. The standard InChI is InChI=1S/C25H28N4O3/c1-2-20(18-8-4-3-5-9-18)25(32)28-14-12-19(13-15-28)27-24(31)17-29-22-11-7-6-10-21(22)23(30)16-26-29/h3-11,16,19-20H,2,12-15,17H2,1H3,(H,27,31). The molecule has 2 amide bonds.